The highest BCUT2D eigenvalue weighted by Crippen LogP contribution is 2.43. The fourth-order valence-corrected chi connectivity index (χ4v) is 3.85. The van der Waals surface area contributed by atoms with Gasteiger partial charge in [0, 0.05) is 23.4 Å². The Morgan fingerprint density at radius 1 is 1.43 bits per heavy atom. The van der Waals surface area contributed by atoms with E-state index in [9.17, 15) is 0 Å². The van der Waals surface area contributed by atoms with Gasteiger partial charge in [0.05, 0.1) is 0 Å². The molecular weight excluding hydrogens is 190 g/mol. The van der Waals surface area contributed by atoms with Gasteiger partial charge in [-0.25, -0.2) is 0 Å². The van der Waals surface area contributed by atoms with Crippen LogP contribution in [0.1, 0.15) is 23.5 Å². The van der Waals surface area contributed by atoms with Crippen LogP contribution in [0, 0.1) is 6.92 Å². The third kappa shape index (κ3) is 1.17. The molecule has 0 aliphatic carbocycles. The molecule has 14 heavy (non-hydrogen) atoms. The van der Waals surface area contributed by atoms with E-state index >= 15 is 0 Å². The zero-order valence-electron chi connectivity index (χ0n) is 8.42. The normalized spacial score (nSPS) is 29.2. The fourth-order valence-electron chi connectivity index (χ4n) is 2.60. The van der Waals surface area contributed by atoms with Gasteiger partial charge in [0.2, 0.25) is 0 Å². The summed E-state index contributed by atoms with van der Waals surface area (Å²) in [4.78, 5) is 0. The predicted octanol–water partition coefficient (Wildman–Crippen LogP) is 3.01. The topological polar surface area (TPSA) is 12.0 Å². The van der Waals surface area contributed by atoms with Crippen molar-refractivity contribution in [3.05, 3.63) is 29.3 Å². The van der Waals surface area contributed by atoms with Gasteiger partial charge in [0.15, 0.2) is 0 Å². The van der Waals surface area contributed by atoms with Gasteiger partial charge in [-0.3, -0.25) is 0 Å². The second kappa shape index (κ2) is 3.20. The maximum atomic E-state index is 3.69. The van der Waals surface area contributed by atoms with E-state index in [0.717, 1.165) is 5.92 Å². The Bertz CT molecular complexity index is 361. The van der Waals surface area contributed by atoms with Crippen LogP contribution in [0.15, 0.2) is 18.2 Å². The van der Waals surface area contributed by atoms with Gasteiger partial charge in [0.25, 0.3) is 0 Å². The summed E-state index contributed by atoms with van der Waals surface area (Å²) in [7, 11) is 0. The van der Waals surface area contributed by atoms with Gasteiger partial charge >= 0.3 is 0 Å². The van der Waals surface area contributed by atoms with Crippen LogP contribution < -0.4 is 5.32 Å². The van der Waals surface area contributed by atoms with Crippen molar-refractivity contribution in [3.8, 4) is 0 Å². The standard InChI is InChI=1S/C12H15NS/c1-8-3-2-4-9-10-7-14-6-5-11(10)13-12(8)9/h2-4,10-11,13H,5-7H2,1H3. The van der Waals surface area contributed by atoms with Crippen molar-refractivity contribution >= 4 is 17.4 Å². The molecule has 0 saturated carbocycles. The van der Waals surface area contributed by atoms with Gasteiger partial charge in [-0.2, -0.15) is 11.8 Å². The van der Waals surface area contributed by atoms with E-state index in [0.29, 0.717) is 6.04 Å². The van der Waals surface area contributed by atoms with Gasteiger partial charge in [-0.15, -0.1) is 0 Å². The molecule has 1 saturated heterocycles. The van der Waals surface area contributed by atoms with E-state index < -0.39 is 0 Å². The van der Waals surface area contributed by atoms with E-state index in [4.69, 9.17) is 0 Å². The van der Waals surface area contributed by atoms with Crippen LogP contribution in [0.5, 0.6) is 0 Å². The van der Waals surface area contributed by atoms with E-state index in [2.05, 4.69) is 42.2 Å². The maximum absolute atomic E-state index is 3.69. The fraction of sp³-hybridized carbons (Fsp3) is 0.500. The summed E-state index contributed by atoms with van der Waals surface area (Å²) in [5.41, 5.74) is 4.38. The Hall–Kier alpha value is -0.630. The smallest absolute Gasteiger partial charge is 0.0408 e. The number of aryl methyl sites for hydroxylation is 1. The molecule has 74 valence electrons. The molecule has 0 radical (unpaired) electrons. The van der Waals surface area contributed by atoms with Crippen LogP contribution in [-0.2, 0) is 0 Å². The summed E-state index contributed by atoms with van der Waals surface area (Å²) in [6, 6.07) is 7.41. The number of benzene rings is 1. The maximum Gasteiger partial charge on any atom is 0.0408 e. The van der Waals surface area contributed by atoms with E-state index in [-0.39, 0.29) is 0 Å². The number of thioether (sulfide) groups is 1. The predicted molar refractivity (Wildman–Crippen MR) is 63.3 cm³/mol. The lowest BCUT2D eigenvalue weighted by Gasteiger charge is -2.24. The molecule has 1 fully saturated rings. The zero-order valence-corrected chi connectivity index (χ0v) is 9.23. The molecule has 0 bridgehead atoms. The number of fused-ring (bicyclic) bond motifs is 3. The summed E-state index contributed by atoms with van der Waals surface area (Å²) in [5, 5.41) is 3.69. The first kappa shape index (κ1) is 8.66. The van der Waals surface area contributed by atoms with Crippen molar-refractivity contribution in [1.29, 1.82) is 0 Å². The molecule has 1 N–H and O–H groups in total. The molecule has 2 atom stereocenters. The molecule has 3 rings (SSSR count). The Morgan fingerprint density at radius 2 is 2.36 bits per heavy atom. The van der Waals surface area contributed by atoms with Crippen molar-refractivity contribution in [2.75, 3.05) is 16.8 Å². The van der Waals surface area contributed by atoms with E-state index in [1.54, 1.807) is 5.56 Å². The minimum absolute atomic E-state index is 0.715. The number of hydrogen-bond acceptors (Lipinski definition) is 2. The summed E-state index contributed by atoms with van der Waals surface area (Å²) >= 11 is 2.10. The Kier molecular flexibility index (Phi) is 1.98. The average molecular weight is 205 g/mol. The molecule has 0 amide bonds. The molecule has 2 aliphatic heterocycles. The summed E-state index contributed by atoms with van der Waals surface area (Å²) in [5.74, 6) is 3.39. The first-order chi connectivity index (χ1) is 6.86. The molecule has 0 aromatic heterocycles. The summed E-state index contributed by atoms with van der Waals surface area (Å²) in [6.07, 6.45) is 1.32. The summed E-state index contributed by atoms with van der Waals surface area (Å²) in [6.45, 7) is 2.20. The second-order valence-corrected chi connectivity index (χ2v) is 5.41. The molecule has 1 aromatic rings. The van der Waals surface area contributed by atoms with Gasteiger partial charge in [-0.1, -0.05) is 18.2 Å². The minimum Gasteiger partial charge on any atom is -0.381 e. The molecule has 2 unspecified atom stereocenters. The zero-order chi connectivity index (χ0) is 9.54. The van der Waals surface area contributed by atoms with Crippen molar-refractivity contribution in [2.45, 2.75) is 25.3 Å². The highest BCUT2D eigenvalue weighted by Gasteiger charge is 2.34. The third-order valence-electron chi connectivity index (χ3n) is 3.39. The largest absolute Gasteiger partial charge is 0.381 e. The summed E-state index contributed by atoms with van der Waals surface area (Å²) < 4.78 is 0. The quantitative estimate of drug-likeness (QED) is 0.698. The molecule has 2 aliphatic rings. The number of nitrogens with one attached hydrogen (secondary N) is 1. The molecule has 1 aromatic carbocycles. The highest BCUT2D eigenvalue weighted by atomic mass is 32.2. The van der Waals surface area contributed by atoms with Crippen LogP contribution in [0.4, 0.5) is 5.69 Å². The third-order valence-corrected chi connectivity index (χ3v) is 4.51. The monoisotopic (exact) mass is 205 g/mol. The van der Waals surface area contributed by atoms with Gasteiger partial charge in [-0.05, 0) is 30.2 Å². The van der Waals surface area contributed by atoms with Gasteiger partial charge in [0.1, 0.15) is 0 Å². The van der Waals surface area contributed by atoms with Crippen LogP contribution in [0.2, 0.25) is 0 Å². The van der Waals surface area contributed by atoms with Crippen molar-refractivity contribution in [2.24, 2.45) is 0 Å². The lowest BCUT2D eigenvalue weighted by molar-refractivity contribution is 0.614. The van der Waals surface area contributed by atoms with Crippen molar-refractivity contribution < 1.29 is 0 Å². The first-order valence-corrected chi connectivity index (χ1v) is 6.45. The first-order valence-electron chi connectivity index (χ1n) is 5.30. The number of para-hydroxylation sites is 1. The average Bonchev–Trinajstić information content (AvgIpc) is 2.59. The number of rotatable bonds is 0. The van der Waals surface area contributed by atoms with Crippen LogP contribution in [0.3, 0.4) is 0 Å². The van der Waals surface area contributed by atoms with Gasteiger partial charge < -0.3 is 5.32 Å². The van der Waals surface area contributed by atoms with Crippen molar-refractivity contribution in [1.82, 2.24) is 0 Å². The molecule has 1 nitrogen and oxygen atoms in total. The van der Waals surface area contributed by atoms with Crippen LogP contribution in [0.25, 0.3) is 0 Å². The molecule has 2 heteroatoms. The van der Waals surface area contributed by atoms with E-state index in [1.165, 1.54) is 29.2 Å². The number of hydrogen-bond donors (Lipinski definition) is 1. The second-order valence-electron chi connectivity index (χ2n) is 4.26. The molecule has 2 heterocycles. The molecule has 0 spiro atoms. The van der Waals surface area contributed by atoms with Crippen LogP contribution >= 0.6 is 11.8 Å². The Labute approximate surface area is 89.3 Å². The highest BCUT2D eigenvalue weighted by molar-refractivity contribution is 7.99. The van der Waals surface area contributed by atoms with E-state index in [1.807, 2.05) is 0 Å². The molecular formula is C12H15NS. The van der Waals surface area contributed by atoms with Crippen molar-refractivity contribution in [3.63, 3.8) is 0 Å². The van der Waals surface area contributed by atoms with Crippen LogP contribution in [-0.4, -0.2) is 17.5 Å². The SMILES string of the molecule is Cc1cccc2c1NC1CCSCC21. The Balaban J connectivity index is 2.05. The number of anilines is 1. The Morgan fingerprint density at radius 3 is 3.29 bits per heavy atom. The lowest BCUT2D eigenvalue weighted by Crippen LogP contribution is -2.26. The minimum atomic E-state index is 0.715. The lowest BCUT2D eigenvalue weighted by atomic mass is 9.94.